The number of carbonyl (C=O) groups excluding carboxylic acids is 1. The lowest BCUT2D eigenvalue weighted by Gasteiger charge is -2.32. The van der Waals surface area contributed by atoms with E-state index >= 15 is 0 Å². The molecule has 1 aromatic carbocycles. The molecule has 0 heterocycles. The molecular weight excluding hydrogens is 322 g/mol. The van der Waals surface area contributed by atoms with Crippen LogP contribution >= 0.6 is 15.9 Å². The van der Waals surface area contributed by atoms with Crippen LogP contribution in [0.2, 0.25) is 0 Å². The van der Waals surface area contributed by atoms with Crippen LogP contribution in [-0.4, -0.2) is 29.8 Å². The highest BCUT2D eigenvalue weighted by atomic mass is 79.9. The molecule has 0 radical (unpaired) electrons. The first-order chi connectivity index (χ1) is 9.57. The summed E-state index contributed by atoms with van der Waals surface area (Å²) >= 11 is 3.35. The van der Waals surface area contributed by atoms with E-state index in [4.69, 9.17) is 4.74 Å². The van der Waals surface area contributed by atoms with Crippen LogP contribution in [0.1, 0.15) is 32.1 Å². The maximum absolute atomic E-state index is 11.7. The first-order valence-corrected chi connectivity index (χ1v) is 7.74. The second kappa shape index (κ2) is 7.09. The van der Waals surface area contributed by atoms with Crippen LogP contribution in [0, 0.1) is 0 Å². The summed E-state index contributed by atoms with van der Waals surface area (Å²) in [4.78, 5) is 11.7. The zero-order valence-electron chi connectivity index (χ0n) is 11.4. The molecule has 4 nitrogen and oxygen atoms in total. The van der Waals surface area contributed by atoms with E-state index in [-0.39, 0.29) is 12.5 Å². The number of carbonyl (C=O) groups is 1. The number of nitrogens with one attached hydrogen (secondary N) is 1. The van der Waals surface area contributed by atoms with E-state index in [1.54, 1.807) is 6.07 Å². The summed E-state index contributed by atoms with van der Waals surface area (Å²) in [5.41, 5.74) is -0.732. The Morgan fingerprint density at radius 1 is 1.35 bits per heavy atom. The number of halogens is 1. The lowest BCUT2D eigenvalue weighted by Crippen LogP contribution is -2.45. The number of aliphatic hydroxyl groups is 1. The molecule has 0 aliphatic heterocycles. The highest BCUT2D eigenvalue weighted by Crippen LogP contribution is 2.27. The van der Waals surface area contributed by atoms with Gasteiger partial charge in [0.25, 0.3) is 5.91 Å². The number of benzene rings is 1. The van der Waals surface area contributed by atoms with Gasteiger partial charge in [-0.2, -0.15) is 0 Å². The van der Waals surface area contributed by atoms with Crippen LogP contribution in [-0.2, 0) is 4.79 Å². The molecule has 0 unspecified atom stereocenters. The van der Waals surface area contributed by atoms with Crippen LogP contribution in [0.15, 0.2) is 28.7 Å². The monoisotopic (exact) mass is 341 g/mol. The standard InChI is InChI=1S/C15H20BrNO3/c16-12-5-4-6-13(9-12)20-10-14(18)17-11-15(19)7-2-1-3-8-15/h4-6,9,19H,1-3,7-8,10-11H2,(H,17,18). The SMILES string of the molecule is O=C(COc1cccc(Br)c1)NCC1(O)CCCCC1. The van der Waals surface area contributed by atoms with Crippen LogP contribution in [0.3, 0.4) is 0 Å². The normalized spacial score (nSPS) is 17.5. The molecule has 110 valence electrons. The van der Waals surface area contributed by atoms with Crippen molar-refractivity contribution in [1.82, 2.24) is 5.32 Å². The summed E-state index contributed by atoms with van der Waals surface area (Å²) in [5, 5.41) is 13.0. The van der Waals surface area contributed by atoms with E-state index in [2.05, 4.69) is 21.2 Å². The van der Waals surface area contributed by atoms with Gasteiger partial charge < -0.3 is 15.2 Å². The van der Waals surface area contributed by atoms with Gasteiger partial charge in [-0.25, -0.2) is 0 Å². The minimum absolute atomic E-state index is 0.0352. The van der Waals surface area contributed by atoms with Crippen molar-refractivity contribution < 1.29 is 14.6 Å². The van der Waals surface area contributed by atoms with Crippen LogP contribution < -0.4 is 10.1 Å². The Bertz CT molecular complexity index is 458. The molecule has 2 rings (SSSR count). The topological polar surface area (TPSA) is 58.6 Å². The molecule has 1 aliphatic rings. The molecule has 1 fully saturated rings. The second-order valence-corrected chi connectivity index (χ2v) is 6.22. The van der Waals surface area contributed by atoms with Crippen LogP contribution in [0.25, 0.3) is 0 Å². The largest absolute Gasteiger partial charge is 0.484 e. The molecule has 1 saturated carbocycles. The van der Waals surface area contributed by atoms with Crippen LogP contribution in [0.4, 0.5) is 0 Å². The van der Waals surface area contributed by atoms with E-state index < -0.39 is 5.60 Å². The van der Waals surface area contributed by atoms with E-state index in [9.17, 15) is 9.90 Å². The van der Waals surface area contributed by atoms with Crippen molar-refractivity contribution in [2.24, 2.45) is 0 Å². The van der Waals surface area contributed by atoms with Gasteiger partial charge in [0.15, 0.2) is 6.61 Å². The number of rotatable bonds is 5. The van der Waals surface area contributed by atoms with Gasteiger partial charge in [0.1, 0.15) is 5.75 Å². The van der Waals surface area contributed by atoms with Crippen molar-refractivity contribution in [1.29, 1.82) is 0 Å². The molecule has 0 bridgehead atoms. The number of hydrogen-bond donors (Lipinski definition) is 2. The van der Waals surface area contributed by atoms with Gasteiger partial charge >= 0.3 is 0 Å². The molecule has 1 amide bonds. The predicted octanol–water partition coefficient (Wildman–Crippen LogP) is 2.64. The van der Waals surface area contributed by atoms with Crippen molar-refractivity contribution in [3.8, 4) is 5.75 Å². The Hall–Kier alpha value is -1.07. The molecule has 0 aromatic heterocycles. The molecule has 20 heavy (non-hydrogen) atoms. The molecule has 0 saturated heterocycles. The maximum atomic E-state index is 11.7. The Morgan fingerprint density at radius 3 is 2.80 bits per heavy atom. The van der Waals surface area contributed by atoms with Crippen molar-refractivity contribution in [2.75, 3.05) is 13.2 Å². The Morgan fingerprint density at radius 2 is 2.10 bits per heavy atom. The number of ether oxygens (including phenoxy) is 1. The summed E-state index contributed by atoms with van der Waals surface area (Å²) in [6.07, 6.45) is 4.75. The Balaban J connectivity index is 1.72. The molecule has 5 heteroatoms. The molecular formula is C15H20BrNO3. The zero-order chi connectivity index (χ0) is 14.4. The van der Waals surface area contributed by atoms with Gasteiger partial charge in [0.2, 0.25) is 0 Å². The van der Waals surface area contributed by atoms with Gasteiger partial charge in [0.05, 0.1) is 5.60 Å². The molecule has 2 N–H and O–H groups in total. The highest BCUT2D eigenvalue weighted by Gasteiger charge is 2.29. The second-order valence-electron chi connectivity index (χ2n) is 5.31. The third-order valence-electron chi connectivity index (χ3n) is 3.56. The fourth-order valence-corrected chi connectivity index (χ4v) is 2.78. The minimum atomic E-state index is -0.732. The summed E-state index contributed by atoms with van der Waals surface area (Å²) in [6.45, 7) is 0.278. The first kappa shape index (κ1) is 15.3. The van der Waals surface area contributed by atoms with Gasteiger partial charge in [-0.3, -0.25) is 4.79 Å². The smallest absolute Gasteiger partial charge is 0.258 e. The quantitative estimate of drug-likeness (QED) is 0.865. The number of amides is 1. The average molecular weight is 342 g/mol. The Kier molecular flexibility index (Phi) is 5.43. The van der Waals surface area contributed by atoms with Crippen molar-refractivity contribution >= 4 is 21.8 Å². The van der Waals surface area contributed by atoms with Crippen molar-refractivity contribution in [2.45, 2.75) is 37.7 Å². The zero-order valence-corrected chi connectivity index (χ0v) is 13.0. The Labute approximate surface area is 127 Å². The molecule has 1 aromatic rings. The summed E-state index contributed by atoms with van der Waals surface area (Å²) < 4.78 is 6.31. The van der Waals surface area contributed by atoms with Gasteiger partial charge in [-0.15, -0.1) is 0 Å². The fourth-order valence-electron chi connectivity index (χ4n) is 2.41. The lowest BCUT2D eigenvalue weighted by atomic mass is 9.85. The minimum Gasteiger partial charge on any atom is -0.484 e. The molecule has 1 aliphatic carbocycles. The summed E-state index contributed by atoms with van der Waals surface area (Å²) in [7, 11) is 0. The maximum Gasteiger partial charge on any atom is 0.258 e. The fraction of sp³-hybridized carbons (Fsp3) is 0.533. The van der Waals surface area contributed by atoms with Gasteiger partial charge in [-0.1, -0.05) is 41.3 Å². The third kappa shape index (κ3) is 4.80. The predicted molar refractivity (Wildman–Crippen MR) is 80.7 cm³/mol. The first-order valence-electron chi connectivity index (χ1n) is 6.95. The van der Waals surface area contributed by atoms with E-state index in [0.717, 1.165) is 30.2 Å². The van der Waals surface area contributed by atoms with Crippen LogP contribution in [0.5, 0.6) is 5.75 Å². The molecule has 0 spiro atoms. The average Bonchev–Trinajstić information content (AvgIpc) is 2.44. The van der Waals surface area contributed by atoms with Crippen molar-refractivity contribution in [3.05, 3.63) is 28.7 Å². The summed E-state index contributed by atoms with van der Waals surface area (Å²) in [6, 6.07) is 7.35. The third-order valence-corrected chi connectivity index (χ3v) is 4.06. The van der Waals surface area contributed by atoms with E-state index in [1.807, 2.05) is 18.2 Å². The van der Waals surface area contributed by atoms with E-state index in [1.165, 1.54) is 6.42 Å². The molecule has 0 atom stereocenters. The van der Waals surface area contributed by atoms with E-state index in [0.29, 0.717) is 12.3 Å². The number of hydrogen-bond acceptors (Lipinski definition) is 3. The van der Waals surface area contributed by atoms with Gasteiger partial charge in [0, 0.05) is 11.0 Å². The summed E-state index contributed by atoms with van der Waals surface area (Å²) in [5.74, 6) is 0.440. The van der Waals surface area contributed by atoms with Gasteiger partial charge in [-0.05, 0) is 31.0 Å². The lowest BCUT2D eigenvalue weighted by molar-refractivity contribution is -0.124. The highest BCUT2D eigenvalue weighted by molar-refractivity contribution is 9.10. The van der Waals surface area contributed by atoms with Crippen molar-refractivity contribution in [3.63, 3.8) is 0 Å².